The van der Waals surface area contributed by atoms with E-state index in [2.05, 4.69) is 65.0 Å². The number of rotatable bonds is 4. The molecule has 0 heterocycles. The van der Waals surface area contributed by atoms with Gasteiger partial charge in [-0.15, -0.1) is 0 Å². The molecule has 3 rings (SSSR count). The van der Waals surface area contributed by atoms with Gasteiger partial charge in [-0.1, -0.05) is 0 Å². The minimum atomic E-state index is 0.121. The van der Waals surface area contributed by atoms with E-state index in [1.54, 1.807) is 11.1 Å². The predicted molar refractivity (Wildman–Crippen MR) is 108 cm³/mol. The third-order valence-corrected chi connectivity index (χ3v) is 8.19. The van der Waals surface area contributed by atoms with Crippen LogP contribution < -0.4 is 4.46 Å². The van der Waals surface area contributed by atoms with Gasteiger partial charge in [0.25, 0.3) is 0 Å². The Hall–Kier alpha value is -1.08. The summed E-state index contributed by atoms with van der Waals surface area (Å²) in [5.41, 5.74) is 6.04. The molecule has 2 aromatic rings. The van der Waals surface area contributed by atoms with E-state index in [4.69, 9.17) is 0 Å². The molecule has 0 aromatic heterocycles. The quantitative estimate of drug-likeness (QED) is 0.742. The van der Waals surface area contributed by atoms with Gasteiger partial charge in [-0.05, 0) is 0 Å². The van der Waals surface area contributed by atoms with Crippen LogP contribution in [0.15, 0.2) is 42.5 Å². The second-order valence-electron chi connectivity index (χ2n) is 8.63. The molecule has 0 saturated heterocycles. The Morgan fingerprint density at radius 3 is 2.12 bits per heavy atom. The summed E-state index contributed by atoms with van der Waals surface area (Å²) in [5.74, 6) is 0. The zero-order valence-corrected chi connectivity index (χ0v) is 17.8. The first-order valence-corrected chi connectivity index (χ1v) is 11.1. The number of benzene rings is 2. The average Bonchev–Trinajstić information content (AvgIpc) is 2.59. The van der Waals surface area contributed by atoms with Gasteiger partial charge in [-0.2, -0.15) is 0 Å². The SMILES string of the molecule is CC([Se]c1ccc2c(c1)C(C)(C)CCC2(C)C)c1ccc(CO)cc1. The number of hydrogen-bond acceptors (Lipinski definition) is 1. The fourth-order valence-corrected chi connectivity index (χ4v) is 5.98. The molecule has 1 unspecified atom stereocenters. The van der Waals surface area contributed by atoms with Gasteiger partial charge < -0.3 is 0 Å². The van der Waals surface area contributed by atoms with Crippen molar-refractivity contribution in [1.82, 2.24) is 0 Å². The molecule has 0 saturated carbocycles. The molecule has 134 valence electrons. The second-order valence-corrected chi connectivity index (χ2v) is 11.6. The summed E-state index contributed by atoms with van der Waals surface area (Å²) in [6, 6.07) is 15.7. The number of fused-ring (bicyclic) bond motifs is 1. The van der Waals surface area contributed by atoms with Crippen molar-refractivity contribution < 1.29 is 5.11 Å². The van der Waals surface area contributed by atoms with E-state index in [9.17, 15) is 5.11 Å². The maximum absolute atomic E-state index is 9.21. The number of hydrogen-bond donors (Lipinski definition) is 1. The van der Waals surface area contributed by atoms with E-state index in [1.165, 1.54) is 22.9 Å². The first-order chi connectivity index (χ1) is 11.7. The molecule has 2 heteroatoms. The van der Waals surface area contributed by atoms with E-state index in [0.29, 0.717) is 25.2 Å². The molecule has 1 atom stereocenters. The van der Waals surface area contributed by atoms with Crippen LogP contribution in [0.3, 0.4) is 0 Å². The van der Waals surface area contributed by atoms with Crippen molar-refractivity contribution >= 4 is 19.4 Å². The summed E-state index contributed by atoms with van der Waals surface area (Å²) < 4.78 is 1.50. The third kappa shape index (κ3) is 3.87. The Morgan fingerprint density at radius 1 is 0.920 bits per heavy atom. The van der Waals surface area contributed by atoms with Crippen molar-refractivity contribution in [1.29, 1.82) is 0 Å². The fraction of sp³-hybridized carbons (Fsp3) is 0.478. The summed E-state index contributed by atoms with van der Waals surface area (Å²) in [5, 5.41) is 9.21. The molecule has 0 aliphatic heterocycles. The Labute approximate surface area is 159 Å². The molecule has 0 radical (unpaired) electrons. The first kappa shape index (κ1) is 18.7. The van der Waals surface area contributed by atoms with Crippen LogP contribution in [0.4, 0.5) is 0 Å². The molecule has 1 aliphatic carbocycles. The Bertz CT molecular complexity index is 743. The van der Waals surface area contributed by atoms with Gasteiger partial charge >= 0.3 is 159 Å². The predicted octanol–water partition coefficient (Wildman–Crippen LogP) is 4.62. The summed E-state index contributed by atoms with van der Waals surface area (Å²) >= 11 is 0.410. The van der Waals surface area contributed by atoms with E-state index in [-0.39, 0.29) is 12.0 Å². The van der Waals surface area contributed by atoms with E-state index >= 15 is 0 Å². The van der Waals surface area contributed by atoms with Gasteiger partial charge in [0.05, 0.1) is 0 Å². The van der Waals surface area contributed by atoms with Gasteiger partial charge in [0.1, 0.15) is 0 Å². The zero-order valence-electron chi connectivity index (χ0n) is 16.1. The molecule has 0 amide bonds. The van der Waals surface area contributed by atoms with Gasteiger partial charge in [0.15, 0.2) is 0 Å². The zero-order chi connectivity index (χ0) is 18.2. The summed E-state index contributed by atoms with van der Waals surface area (Å²) in [7, 11) is 0. The normalized spacial score (nSPS) is 19.3. The van der Waals surface area contributed by atoms with Gasteiger partial charge in [-0.25, -0.2) is 0 Å². The average molecular weight is 401 g/mol. The maximum atomic E-state index is 9.21. The van der Waals surface area contributed by atoms with Crippen molar-refractivity contribution in [3.63, 3.8) is 0 Å². The molecule has 0 bridgehead atoms. The summed E-state index contributed by atoms with van der Waals surface area (Å²) in [4.78, 5) is 0.540. The van der Waals surface area contributed by atoms with E-state index in [1.807, 2.05) is 12.1 Å². The second kappa shape index (κ2) is 6.91. The van der Waals surface area contributed by atoms with Crippen molar-refractivity contribution in [2.75, 3.05) is 0 Å². The number of aliphatic hydroxyl groups is 1. The topological polar surface area (TPSA) is 20.2 Å². The van der Waals surface area contributed by atoms with Crippen LogP contribution >= 0.6 is 0 Å². The van der Waals surface area contributed by atoms with Crippen LogP contribution in [0.1, 0.15) is 74.5 Å². The summed E-state index contributed by atoms with van der Waals surface area (Å²) in [6.45, 7) is 12.0. The molecule has 1 N–H and O–H groups in total. The number of aliphatic hydroxyl groups excluding tert-OH is 1. The van der Waals surface area contributed by atoms with E-state index in [0.717, 1.165) is 5.56 Å². The van der Waals surface area contributed by atoms with Crippen LogP contribution in [0, 0.1) is 0 Å². The van der Waals surface area contributed by atoms with Crippen molar-refractivity contribution in [3.05, 3.63) is 64.7 Å². The Balaban J connectivity index is 1.86. The van der Waals surface area contributed by atoms with Crippen LogP contribution in [0.2, 0.25) is 0 Å². The molecule has 0 fully saturated rings. The van der Waals surface area contributed by atoms with Gasteiger partial charge in [0, 0.05) is 0 Å². The van der Waals surface area contributed by atoms with Crippen LogP contribution in [0.25, 0.3) is 0 Å². The molecular formula is C23H30OSe. The van der Waals surface area contributed by atoms with Gasteiger partial charge in [-0.3, -0.25) is 0 Å². The standard InChI is InChI=1S/C23H30OSe/c1-16(18-8-6-17(15-24)7-9-18)25-19-10-11-20-21(14-19)23(4,5)13-12-22(20,2)3/h6-11,14,16,24H,12-13,15H2,1-5H3. The fourth-order valence-electron chi connectivity index (χ4n) is 3.81. The summed E-state index contributed by atoms with van der Waals surface area (Å²) in [6.07, 6.45) is 2.53. The first-order valence-electron chi connectivity index (χ1n) is 9.24. The molecule has 25 heavy (non-hydrogen) atoms. The van der Waals surface area contributed by atoms with Gasteiger partial charge in [0.2, 0.25) is 0 Å². The molecule has 0 spiro atoms. The Kier molecular flexibility index (Phi) is 5.17. The van der Waals surface area contributed by atoms with Crippen LogP contribution in [-0.2, 0) is 17.4 Å². The van der Waals surface area contributed by atoms with E-state index < -0.39 is 0 Å². The minimum absolute atomic E-state index is 0.121. The molecule has 1 nitrogen and oxygen atoms in total. The Morgan fingerprint density at radius 2 is 1.52 bits per heavy atom. The molecular weight excluding hydrogens is 371 g/mol. The van der Waals surface area contributed by atoms with Crippen molar-refractivity contribution in [2.45, 2.75) is 69.7 Å². The molecule has 1 aliphatic rings. The molecule has 2 aromatic carbocycles. The van der Waals surface area contributed by atoms with Crippen LogP contribution in [-0.4, -0.2) is 20.1 Å². The monoisotopic (exact) mass is 402 g/mol. The third-order valence-electron chi connectivity index (χ3n) is 5.77. The van der Waals surface area contributed by atoms with Crippen LogP contribution in [0.5, 0.6) is 0 Å². The van der Waals surface area contributed by atoms with Crippen molar-refractivity contribution in [3.8, 4) is 0 Å². The van der Waals surface area contributed by atoms with Crippen molar-refractivity contribution in [2.24, 2.45) is 0 Å².